The summed E-state index contributed by atoms with van der Waals surface area (Å²) < 4.78 is 1.85. The molecule has 6 nitrogen and oxygen atoms in total. The van der Waals surface area contributed by atoms with E-state index >= 15 is 0 Å². The van der Waals surface area contributed by atoms with Crippen LogP contribution in [0.25, 0.3) is 0 Å². The molecule has 0 bridgehead atoms. The third-order valence-electron chi connectivity index (χ3n) is 5.05. The summed E-state index contributed by atoms with van der Waals surface area (Å²) in [5, 5.41) is 16.6. The molecule has 1 amide bonds. The van der Waals surface area contributed by atoms with Gasteiger partial charge in [-0.25, -0.2) is 0 Å². The Labute approximate surface area is 131 Å². The first-order chi connectivity index (χ1) is 10.6. The number of aliphatic hydroxyl groups is 1. The molecule has 2 aliphatic rings. The van der Waals surface area contributed by atoms with Crippen molar-refractivity contribution in [2.24, 2.45) is 11.8 Å². The van der Waals surface area contributed by atoms with Crippen LogP contribution in [0.5, 0.6) is 0 Å². The average Bonchev–Trinajstić information content (AvgIpc) is 3.16. The molecule has 1 aliphatic heterocycles. The van der Waals surface area contributed by atoms with Crippen molar-refractivity contribution < 1.29 is 9.90 Å². The molecule has 2 unspecified atom stereocenters. The molecule has 2 N–H and O–H groups in total. The molecule has 122 valence electrons. The number of hydrogen-bond donors (Lipinski definition) is 2. The van der Waals surface area contributed by atoms with E-state index in [0.29, 0.717) is 18.0 Å². The predicted molar refractivity (Wildman–Crippen MR) is 83.6 cm³/mol. The van der Waals surface area contributed by atoms with Crippen LogP contribution in [0.4, 0.5) is 0 Å². The van der Waals surface area contributed by atoms with Crippen molar-refractivity contribution in [2.75, 3.05) is 26.2 Å². The number of aryl methyl sites for hydroxylation is 1. The number of β-amino-alcohol motifs (C(OH)–C–C–N with tert-alkyl or cyclic N) is 1. The summed E-state index contributed by atoms with van der Waals surface area (Å²) in [6, 6.07) is 0.191. The number of aliphatic hydroxyl groups excluding tert-OH is 1. The van der Waals surface area contributed by atoms with Gasteiger partial charge in [0, 0.05) is 37.9 Å². The summed E-state index contributed by atoms with van der Waals surface area (Å²) in [4.78, 5) is 14.8. The van der Waals surface area contributed by atoms with Crippen LogP contribution in [-0.4, -0.2) is 58.0 Å². The van der Waals surface area contributed by atoms with E-state index in [9.17, 15) is 4.79 Å². The maximum absolute atomic E-state index is 12.6. The summed E-state index contributed by atoms with van der Waals surface area (Å²) >= 11 is 0. The first-order valence-corrected chi connectivity index (χ1v) is 8.30. The summed E-state index contributed by atoms with van der Waals surface area (Å²) in [6.45, 7) is 7.45. The van der Waals surface area contributed by atoms with E-state index in [2.05, 4.69) is 15.3 Å². The molecule has 1 aliphatic carbocycles. The normalized spacial score (nSPS) is 25.6. The van der Waals surface area contributed by atoms with Crippen molar-refractivity contribution >= 4 is 5.91 Å². The Balaban J connectivity index is 1.67. The number of rotatable bonds is 6. The molecular weight excluding hydrogens is 280 g/mol. The summed E-state index contributed by atoms with van der Waals surface area (Å²) in [5.41, 5.74) is 1.60. The SMILES string of the molecule is CCn1ncc(C(=O)NC2CN(CCO)CC2C2CC2)c1C. The van der Waals surface area contributed by atoms with Crippen LogP contribution in [0.2, 0.25) is 0 Å². The van der Waals surface area contributed by atoms with Crippen LogP contribution in [0.1, 0.15) is 35.8 Å². The minimum Gasteiger partial charge on any atom is -0.395 e. The molecule has 2 heterocycles. The highest BCUT2D eigenvalue weighted by molar-refractivity contribution is 5.95. The Hall–Kier alpha value is -1.40. The number of amides is 1. The molecule has 22 heavy (non-hydrogen) atoms. The minimum absolute atomic E-state index is 0.0151. The topological polar surface area (TPSA) is 70.4 Å². The Kier molecular flexibility index (Phi) is 4.49. The Bertz CT molecular complexity index is 538. The zero-order valence-electron chi connectivity index (χ0n) is 13.5. The van der Waals surface area contributed by atoms with Crippen molar-refractivity contribution in [1.82, 2.24) is 20.0 Å². The summed E-state index contributed by atoms with van der Waals surface area (Å²) in [5.74, 6) is 1.25. The molecular formula is C16H26N4O2. The number of hydrogen-bond acceptors (Lipinski definition) is 4. The lowest BCUT2D eigenvalue weighted by Gasteiger charge is -2.19. The van der Waals surface area contributed by atoms with Gasteiger partial charge in [0.05, 0.1) is 18.4 Å². The van der Waals surface area contributed by atoms with Gasteiger partial charge < -0.3 is 10.4 Å². The van der Waals surface area contributed by atoms with Gasteiger partial charge in [-0.05, 0) is 38.5 Å². The standard InChI is InChI=1S/C16H26N4O2/c1-3-20-11(2)13(8-17-20)16(22)18-15-10-19(6-7-21)9-14(15)12-4-5-12/h8,12,14-15,21H,3-7,9-10H2,1-2H3,(H,18,22). The number of aromatic nitrogens is 2. The van der Waals surface area contributed by atoms with E-state index in [0.717, 1.165) is 31.2 Å². The first-order valence-electron chi connectivity index (χ1n) is 8.30. The molecule has 2 atom stereocenters. The predicted octanol–water partition coefficient (Wildman–Crippen LogP) is 0.644. The molecule has 0 radical (unpaired) electrons. The second kappa shape index (κ2) is 6.38. The number of likely N-dealkylation sites (tertiary alicyclic amines) is 1. The van der Waals surface area contributed by atoms with Gasteiger partial charge in [-0.2, -0.15) is 5.10 Å². The lowest BCUT2D eigenvalue weighted by atomic mass is 9.98. The van der Waals surface area contributed by atoms with Gasteiger partial charge >= 0.3 is 0 Å². The van der Waals surface area contributed by atoms with Crippen LogP contribution in [0.3, 0.4) is 0 Å². The van der Waals surface area contributed by atoms with Gasteiger partial charge in [-0.3, -0.25) is 14.4 Å². The molecule has 1 saturated carbocycles. The smallest absolute Gasteiger partial charge is 0.255 e. The molecule has 1 saturated heterocycles. The van der Waals surface area contributed by atoms with Crippen molar-refractivity contribution in [3.63, 3.8) is 0 Å². The Morgan fingerprint density at radius 3 is 2.82 bits per heavy atom. The lowest BCUT2D eigenvalue weighted by Crippen LogP contribution is -2.41. The van der Waals surface area contributed by atoms with Crippen molar-refractivity contribution in [2.45, 2.75) is 39.3 Å². The zero-order valence-corrected chi connectivity index (χ0v) is 13.5. The Morgan fingerprint density at radius 1 is 1.45 bits per heavy atom. The van der Waals surface area contributed by atoms with Gasteiger partial charge in [0.2, 0.25) is 0 Å². The van der Waals surface area contributed by atoms with Crippen LogP contribution in [-0.2, 0) is 6.54 Å². The van der Waals surface area contributed by atoms with Gasteiger partial charge in [0.15, 0.2) is 0 Å². The number of carbonyl (C=O) groups is 1. The average molecular weight is 306 g/mol. The van der Waals surface area contributed by atoms with Crippen LogP contribution >= 0.6 is 0 Å². The Morgan fingerprint density at radius 2 is 2.23 bits per heavy atom. The third-order valence-corrected chi connectivity index (χ3v) is 5.05. The van der Waals surface area contributed by atoms with E-state index in [1.54, 1.807) is 6.20 Å². The quantitative estimate of drug-likeness (QED) is 0.809. The van der Waals surface area contributed by atoms with Gasteiger partial charge in [-0.15, -0.1) is 0 Å². The fourth-order valence-electron chi connectivity index (χ4n) is 3.63. The number of carbonyl (C=O) groups excluding carboxylic acids is 1. The minimum atomic E-state index is -0.0151. The highest BCUT2D eigenvalue weighted by Crippen LogP contribution is 2.41. The van der Waals surface area contributed by atoms with Gasteiger partial charge in [0.25, 0.3) is 5.91 Å². The van der Waals surface area contributed by atoms with Crippen molar-refractivity contribution in [3.8, 4) is 0 Å². The number of nitrogens with one attached hydrogen (secondary N) is 1. The lowest BCUT2D eigenvalue weighted by molar-refractivity contribution is 0.0927. The van der Waals surface area contributed by atoms with Crippen molar-refractivity contribution in [1.29, 1.82) is 0 Å². The molecule has 1 aromatic heterocycles. The van der Waals surface area contributed by atoms with Gasteiger partial charge in [-0.1, -0.05) is 0 Å². The fourth-order valence-corrected chi connectivity index (χ4v) is 3.63. The molecule has 0 spiro atoms. The monoisotopic (exact) mass is 306 g/mol. The maximum atomic E-state index is 12.6. The fraction of sp³-hybridized carbons (Fsp3) is 0.750. The second-order valence-electron chi connectivity index (χ2n) is 6.52. The molecule has 0 aromatic carbocycles. The largest absolute Gasteiger partial charge is 0.395 e. The van der Waals surface area contributed by atoms with E-state index in [4.69, 9.17) is 5.11 Å². The van der Waals surface area contributed by atoms with E-state index < -0.39 is 0 Å². The van der Waals surface area contributed by atoms with Crippen LogP contribution in [0, 0.1) is 18.8 Å². The third kappa shape index (κ3) is 3.03. The highest BCUT2D eigenvalue weighted by Gasteiger charge is 2.42. The molecule has 6 heteroatoms. The maximum Gasteiger partial charge on any atom is 0.255 e. The van der Waals surface area contributed by atoms with Crippen LogP contribution in [0.15, 0.2) is 6.20 Å². The molecule has 3 rings (SSSR count). The van der Waals surface area contributed by atoms with E-state index in [-0.39, 0.29) is 18.6 Å². The molecule has 1 aromatic rings. The van der Waals surface area contributed by atoms with Gasteiger partial charge in [0.1, 0.15) is 0 Å². The highest BCUT2D eigenvalue weighted by atomic mass is 16.3. The summed E-state index contributed by atoms with van der Waals surface area (Å²) in [6.07, 6.45) is 4.22. The van der Waals surface area contributed by atoms with E-state index in [1.165, 1.54) is 12.8 Å². The summed E-state index contributed by atoms with van der Waals surface area (Å²) in [7, 11) is 0. The second-order valence-corrected chi connectivity index (χ2v) is 6.52. The zero-order chi connectivity index (χ0) is 15.7. The van der Waals surface area contributed by atoms with Crippen LogP contribution < -0.4 is 5.32 Å². The number of nitrogens with zero attached hydrogens (tertiary/aromatic N) is 3. The van der Waals surface area contributed by atoms with Crippen molar-refractivity contribution in [3.05, 3.63) is 17.5 Å². The van der Waals surface area contributed by atoms with E-state index in [1.807, 2.05) is 18.5 Å². The first kappa shape index (κ1) is 15.5. The molecule has 2 fully saturated rings.